The number of nitrogens with two attached hydrogens (primary N) is 1. The molecule has 6 heteroatoms. The fourth-order valence-electron chi connectivity index (χ4n) is 1.44. The summed E-state index contributed by atoms with van der Waals surface area (Å²) in [6.07, 6.45) is 0. The number of hydrogen-bond acceptors (Lipinski definition) is 2. The lowest BCUT2D eigenvalue weighted by molar-refractivity contribution is 0.628. The summed E-state index contributed by atoms with van der Waals surface area (Å²) in [4.78, 5) is 0. The number of hydrogen-bond donors (Lipinski definition) is 2. The van der Waals surface area contributed by atoms with Crippen LogP contribution in [0.15, 0.2) is 30.3 Å². The molecule has 0 heterocycles. The van der Waals surface area contributed by atoms with Crippen molar-refractivity contribution in [3.63, 3.8) is 0 Å². The van der Waals surface area contributed by atoms with Gasteiger partial charge in [0.2, 0.25) is 0 Å². The molecule has 0 aromatic heterocycles. The van der Waals surface area contributed by atoms with Gasteiger partial charge in [-0.05, 0) is 30.3 Å². The minimum Gasteiger partial charge on any atom is -0.399 e. The van der Waals surface area contributed by atoms with Crippen molar-refractivity contribution in [2.24, 2.45) is 0 Å². The quantitative estimate of drug-likeness (QED) is 0.756. The van der Waals surface area contributed by atoms with E-state index in [1.807, 2.05) is 0 Å². The summed E-state index contributed by atoms with van der Waals surface area (Å²) in [7, 11) is 0. The summed E-state index contributed by atoms with van der Waals surface area (Å²) in [6, 6.07) is 7.11. The van der Waals surface area contributed by atoms with Gasteiger partial charge < -0.3 is 11.1 Å². The van der Waals surface area contributed by atoms with E-state index < -0.39 is 5.82 Å². The first-order chi connectivity index (χ1) is 8.47. The third-order valence-corrected chi connectivity index (χ3v) is 3.16. The normalized spacial score (nSPS) is 10.4. The number of nitrogens with one attached hydrogen (secondary N) is 1. The van der Waals surface area contributed by atoms with Crippen LogP contribution in [0, 0.1) is 5.82 Å². The van der Waals surface area contributed by atoms with Crippen molar-refractivity contribution in [1.29, 1.82) is 0 Å². The van der Waals surface area contributed by atoms with Gasteiger partial charge in [0, 0.05) is 5.69 Å². The highest BCUT2D eigenvalue weighted by molar-refractivity contribution is 6.40. The first kappa shape index (κ1) is 13.3. The summed E-state index contributed by atoms with van der Waals surface area (Å²) in [6.45, 7) is 0. The van der Waals surface area contributed by atoms with Crippen molar-refractivity contribution in [3.8, 4) is 0 Å². The second-order valence-electron chi connectivity index (χ2n) is 3.61. The van der Waals surface area contributed by atoms with E-state index in [4.69, 9.17) is 40.5 Å². The van der Waals surface area contributed by atoms with Crippen molar-refractivity contribution in [2.75, 3.05) is 11.1 Å². The Hall–Kier alpha value is -1.16. The highest BCUT2D eigenvalue weighted by atomic mass is 35.5. The van der Waals surface area contributed by atoms with Crippen LogP contribution in [-0.4, -0.2) is 0 Å². The molecule has 2 nitrogen and oxygen atoms in total. The van der Waals surface area contributed by atoms with E-state index in [0.717, 1.165) is 0 Å². The second kappa shape index (κ2) is 5.22. The number of anilines is 3. The molecule has 0 spiro atoms. The molecular weight excluding hydrogens is 298 g/mol. The SMILES string of the molecule is Nc1cc(Cl)c(Nc2ccc(F)cc2Cl)c(Cl)c1. The number of rotatable bonds is 2. The predicted octanol–water partition coefficient (Wildman–Crippen LogP) is 5.11. The van der Waals surface area contributed by atoms with E-state index in [1.165, 1.54) is 18.2 Å². The maximum absolute atomic E-state index is 12.9. The van der Waals surface area contributed by atoms with Crippen molar-refractivity contribution < 1.29 is 4.39 Å². The van der Waals surface area contributed by atoms with E-state index in [0.29, 0.717) is 27.1 Å². The van der Waals surface area contributed by atoms with Gasteiger partial charge in [-0.15, -0.1) is 0 Å². The van der Waals surface area contributed by atoms with Gasteiger partial charge >= 0.3 is 0 Å². The summed E-state index contributed by atoms with van der Waals surface area (Å²) in [5.74, 6) is -0.417. The zero-order valence-electron chi connectivity index (χ0n) is 8.98. The van der Waals surface area contributed by atoms with Crippen LogP contribution in [0.25, 0.3) is 0 Å². The molecule has 0 fully saturated rings. The highest BCUT2D eigenvalue weighted by Gasteiger charge is 2.10. The van der Waals surface area contributed by atoms with E-state index in [2.05, 4.69) is 5.32 Å². The number of halogens is 4. The number of nitrogen functional groups attached to an aromatic ring is 1. The Morgan fingerprint density at radius 1 is 0.944 bits per heavy atom. The molecule has 0 aliphatic carbocycles. The Bertz CT molecular complexity index is 579. The topological polar surface area (TPSA) is 38.0 Å². The van der Waals surface area contributed by atoms with Crippen molar-refractivity contribution in [3.05, 3.63) is 51.2 Å². The predicted molar refractivity (Wildman–Crippen MR) is 75.6 cm³/mol. The van der Waals surface area contributed by atoms with E-state index in [-0.39, 0.29) is 5.02 Å². The smallest absolute Gasteiger partial charge is 0.124 e. The summed E-state index contributed by atoms with van der Waals surface area (Å²) >= 11 is 18.0. The Morgan fingerprint density at radius 3 is 2.11 bits per heavy atom. The average molecular weight is 306 g/mol. The van der Waals surface area contributed by atoms with Gasteiger partial charge in [-0.2, -0.15) is 0 Å². The van der Waals surface area contributed by atoms with Gasteiger partial charge in [0.05, 0.1) is 26.4 Å². The first-order valence-electron chi connectivity index (χ1n) is 4.94. The van der Waals surface area contributed by atoms with Crippen LogP contribution in [0.1, 0.15) is 0 Å². The zero-order chi connectivity index (χ0) is 13.3. The van der Waals surface area contributed by atoms with Gasteiger partial charge in [-0.25, -0.2) is 4.39 Å². The maximum atomic E-state index is 12.9. The molecule has 0 amide bonds. The van der Waals surface area contributed by atoms with Crippen molar-refractivity contribution in [1.82, 2.24) is 0 Å². The average Bonchev–Trinajstić information content (AvgIpc) is 2.25. The summed E-state index contributed by atoms with van der Waals surface area (Å²) in [5, 5.41) is 3.90. The molecule has 18 heavy (non-hydrogen) atoms. The molecular formula is C12H8Cl3FN2. The lowest BCUT2D eigenvalue weighted by atomic mass is 10.2. The Labute approximate surface area is 118 Å². The van der Waals surface area contributed by atoms with Gasteiger partial charge in [0.1, 0.15) is 5.82 Å². The van der Waals surface area contributed by atoms with E-state index >= 15 is 0 Å². The molecule has 94 valence electrons. The van der Waals surface area contributed by atoms with E-state index in [1.54, 1.807) is 12.1 Å². The molecule has 2 aromatic carbocycles. The van der Waals surface area contributed by atoms with Crippen LogP contribution in [0.2, 0.25) is 15.1 Å². The molecule has 0 saturated heterocycles. The molecule has 0 aliphatic heterocycles. The van der Waals surface area contributed by atoms with Gasteiger partial charge in [-0.3, -0.25) is 0 Å². The molecule has 0 saturated carbocycles. The third kappa shape index (κ3) is 2.80. The Morgan fingerprint density at radius 2 is 1.56 bits per heavy atom. The summed E-state index contributed by atoms with van der Waals surface area (Å²) < 4.78 is 12.9. The van der Waals surface area contributed by atoms with Gasteiger partial charge in [0.15, 0.2) is 0 Å². The lowest BCUT2D eigenvalue weighted by Crippen LogP contribution is -1.95. The van der Waals surface area contributed by atoms with Crippen LogP contribution in [0.4, 0.5) is 21.5 Å². The highest BCUT2D eigenvalue weighted by Crippen LogP contribution is 2.36. The van der Waals surface area contributed by atoms with Gasteiger partial charge in [0.25, 0.3) is 0 Å². The van der Waals surface area contributed by atoms with Crippen molar-refractivity contribution in [2.45, 2.75) is 0 Å². The molecule has 0 radical (unpaired) electrons. The van der Waals surface area contributed by atoms with E-state index in [9.17, 15) is 4.39 Å². The minimum atomic E-state index is -0.417. The molecule has 2 aromatic rings. The lowest BCUT2D eigenvalue weighted by Gasteiger charge is -2.12. The standard InChI is InChI=1S/C12H8Cl3FN2/c13-8-3-6(16)1-2-11(8)18-12-9(14)4-7(17)5-10(12)15/h1-5,18H,17H2. The molecule has 2 rings (SSSR count). The fraction of sp³-hybridized carbons (Fsp3) is 0. The minimum absolute atomic E-state index is 0.235. The maximum Gasteiger partial charge on any atom is 0.124 e. The molecule has 3 N–H and O–H groups in total. The van der Waals surface area contributed by atoms with Crippen LogP contribution < -0.4 is 11.1 Å². The fourth-order valence-corrected chi connectivity index (χ4v) is 2.25. The Balaban J connectivity index is 2.40. The van der Waals surface area contributed by atoms with Crippen LogP contribution in [0.3, 0.4) is 0 Å². The Kier molecular flexibility index (Phi) is 3.85. The molecule has 0 bridgehead atoms. The monoisotopic (exact) mass is 304 g/mol. The molecule has 0 aliphatic rings. The molecule has 0 atom stereocenters. The van der Waals surface area contributed by atoms with Crippen LogP contribution in [-0.2, 0) is 0 Å². The first-order valence-corrected chi connectivity index (χ1v) is 6.07. The third-order valence-electron chi connectivity index (χ3n) is 2.26. The summed E-state index contributed by atoms with van der Waals surface area (Å²) in [5.41, 5.74) is 7.04. The number of benzene rings is 2. The molecule has 0 unspecified atom stereocenters. The largest absolute Gasteiger partial charge is 0.399 e. The second-order valence-corrected chi connectivity index (χ2v) is 4.83. The van der Waals surface area contributed by atoms with Crippen LogP contribution >= 0.6 is 34.8 Å². The van der Waals surface area contributed by atoms with Gasteiger partial charge in [-0.1, -0.05) is 34.8 Å². The van der Waals surface area contributed by atoms with Crippen LogP contribution in [0.5, 0.6) is 0 Å². The zero-order valence-corrected chi connectivity index (χ0v) is 11.2. The van der Waals surface area contributed by atoms with Crippen molar-refractivity contribution >= 4 is 51.9 Å².